The molecule has 1 saturated heterocycles. The number of piperidine rings is 1. The topological polar surface area (TPSA) is 36.4 Å². The molecule has 4 heteroatoms. The van der Waals surface area contributed by atoms with E-state index in [1.54, 1.807) is 11.3 Å². The van der Waals surface area contributed by atoms with Crippen LogP contribution in [0.5, 0.6) is 0 Å². The summed E-state index contributed by atoms with van der Waals surface area (Å²) in [7, 11) is 0. The first kappa shape index (κ1) is 11.9. The lowest BCUT2D eigenvalue weighted by atomic mass is 10.1. The molecule has 0 amide bonds. The molecule has 2 rings (SSSR count). The van der Waals surface area contributed by atoms with Crippen LogP contribution in [0.15, 0.2) is 0 Å². The Hall–Kier alpha value is -0.610. The van der Waals surface area contributed by atoms with E-state index in [0.717, 1.165) is 28.8 Å². The molecule has 0 aromatic carbocycles. The highest BCUT2D eigenvalue weighted by molar-refractivity contribution is 7.15. The van der Waals surface area contributed by atoms with Gasteiger partial charge in [-0.2, -0.15) is 0 Å². The van der Waals surface area contributed by atoms with Crippen LogP contribution in [0.3, 0.4) is 0 Å². The zero-order valence-corrected chi connectivity index (χ0v) is 10.9. The molecule has 2 heterocycles. The van der Waals surface area contributed by atoms with E-state index in [9.17, 15) is 5.11 Å². The van der Waals surface area contributed by atoms with Crippen molar-refractivity contribution < 1.29 is 5.11 Å². The molecule has 3 nitrogen and oxygen atoms in total. The first-order chi connectivity index (χ1) is 7.72. The summed E-state index contributed by atoms with van der Waals surface area (Å²) in [6, 6.07) is 0. The lowest BCUT2D eigenvalue weighted by molar-refractivity contribution is 0.283. The van der Waals surface area contributed by atoms with Crippen molar-refractivity contribution in [3.05, 3.63) is 10.6 Å². The van der Waals surface area contributed by atoms with Gasteiger partial charge >= 0.3 is 0 Å². The molecule has 0 unspecified atom stereocenters. The van der Waals surface area contributed by atoms with Gasteiger partial charge in [0.05, 0.1) is 17.2 Å². The van der Waals surface area contributed by atoms with Gasteiger partial charge in [0.2, 0.25) is 0 Å². The van der Waals surface area contributed by atoms with Crippen LogP contribution in [0.2, 0.25) is 0 Å². The van der Waals surface area contributed by atoms with Crippen molar-refractivity contribution >= 4 is 16.5 Å². The second-order valence-electron chi connectivity index (χ2n) is 4.67. The molecule has 1 aliphatic rings. The highest BCUT2D eigenvalue weighted by atomic mass is 32.1. The second kappa shape index (κ2) is 5.15. The van der Waals surface area contributed by atoms with Crippen LogP contribution < -0.4 is 4.90 Å². The molecule has 1 aromatic rings. The van der Waals surface area contributed by atoms with Crippen LogP contribution in [0.25, 0.3) is 0 Å². The lowest BCUT2D eigenvalue weighted by Crippen LogP contribution is -2.29. The van der Waals surface area contributed by atoms with Crippen molar-refractivity contribution in [1.82, 2.24) is 4.98 Å². The minimum absolute atomic E-state index is 0.124. The fourth-order valence-electron chi connectivity index (χ4n) is 2.14. The molecular weight excluding hydrogens is 220 g/mol. The number of aromatic nitrogens is 1. The van der Waals surface area contributed by atoms with Crippen molar-refractivity contribution in [2.45, 2.75) is 45.6 Å². The summed E-state index contributed by atoms with van der Waals surface area (Å²) in [5.41, 5.74) is 1.08. The first-order valence-electron chi connectivity index (χ1n) is 6.07. The Morgan fingerprint density at radius 2 is 2.00 bits per heavy atom. The Kier molecular flexibility index (Phi) is 3.82. The van der Waals surface area contributed by atoms with Gasteiger partial charge in [0.25, 0.3) is 0 Å². The maximum Gasteiger partial charge on any atom is 0.185 e. The van der Waals surface area contributed by atoms with Crippen molar-refractivity contribution in [3.8, 4) is 0 Å². The largest absolute Gasteiger partial charge is 0.391 e. The molecule has 1 fully saturated rings. The highest BCUT2D eigenvalue weighted by Gasteiger charge is 2.19. The summed E-state index contributed by atoms with van der Waals surface area (Å²) in [6.07, 6.45) is 3.88. The minimum Gasteiger partial charge on any atom is -0.391 e. The Balaban J connectivity index is 2.20. The third-order valence-corrected chi connectivity index (χ3v) is 4.15. The maximum absolute atomic E-state index is 9.33. The molecule has 0 bridgehead atoms. The summed E-state index contributed by atoms with van der Waals surface area (Å²) in [5.74, 6) is 0.400. The minimum atomic E-state index is 0.124. The number of aliphatic hydroxyl groups excluding tert-OH is 1. The molecule has 0 saturated carbocycles. The van der Waals surface area contributed by atoms with Crippen LogP contribution in [0.4, 0.5) is 5.13 Å². The predicted molar refractivity (Wildman–Crippen MR) is 68.2 cm³/mol. The third-order valence-electron chi connectivity index (χ3n) is 3.03. The first-order valence-corrected chi connectivity index (χ1v) is 6.89. The lowest BCUT2D eigenvalue weighted by Gasteiger charge is -2.25. The Morgan fingerprint density at radius 1 is 1.31 bits per heavy atom. The average Bonchev–Trinajstić information content (AvgIpc) is 2.74. The van der Waals surface area contributed by atoms with Crippen LogP contribution in [-0.2, 0) is 6.61 Å². The number of aliphatic hydroxyl groups is 1. The van der Waals surface area contributed by atoms with E-state index in [4.69, 9.17) is 0 Å². The second-order valence-corrected chi connectivity index (χ2v) is 5.73. The monoisotopic (exact) mass is 240 g/mol. The van der Waals surface area contributed by atoms with E-state index in [1.165, 1.54) is 19.3 Å². The predicted octanol–water partition coefficient (Wildman–Crippen LogP) is 2.75. The Labute approximate surface area is 101 Å². The molecule has 1 N–H and O–H groups in total. The number of rotatable bonds is 3. The van der Waals surface area contributed by atoms with E-state index < -0.39 is 0 Å². The van der Waals surface area contributed by atoms with Crippen molar-refractivity contribution in [3.63, 3.8) is 0 Å². The van der Waals surface area contributed by atoms with Gasteiger partial charge in [0.15, 0.2) is 5.13 Å². The number of nitrogens with zero attached hydrogens (tertiary/aromatic N) is 2. The fraction of sp³-hybridized carbons (Fsp3) is 0.750. The zero-order chi connectivity index (χ0) is 11.5. The molecular formula is C12H20N2OS. The van der Waals surface area contributed by atoms with Gasteiger partial charge in [0.1, 0.15) is 0 Å². The average molecular weight is 240 g/mol. The van der Waals surface area contributed by atoms with Crippen LogP contribution in [0.1, 0.15) is 49.6 Å². The third kappa shape index (κ3) is 2.38. The van der Waals surface area contributed by atoms with Crippen LogP contribution >= 0.6 is 11.3 Å². The molecule has 0 radical (unpaired) electrons. The fourth-order valence-corrected chi connectivity index (χ4v) is 3.26. The zero-order valence-electron chi connectivity index (χ0n) is 10.1. The Bertz CT molecular complexity index is 343. The van der Waals surface area contributed by atoms with E-state index in [0.29, 0.717) is 5.92 Å². The van der Waals surface area contributed by atoms with Gasteiger partial charge in [-0.15, -0.1) is 0 Å². The van der Waals surface area contributed by atoms with E-state index in [1.807, 2.05) is 0 Å². The molecule has 0 atom stereocenters. The van der Waals surface area contributed by atoms with Crippen molar-refractivity contribution in [1.29, 1.82) is 0 Å². The van der Waals surface area contributed by atoms with Crippen LogP contribution in [-0.4, -0.2) is 23.2 Å². The number of thiazole rings is 1. The van der Waals surface area contributed by atoms with E-state index in [-0.39, 0.29) is 6.61 Å². The molecule has 1 aromatic heterocycles. The van der Waals surface area contributed by atoms with Crippen LogP contribution in [0, 0.1) is 0 Å². The SMILES string of the molecule is CC(C)c1nc(N2CCCCC2)sc1CO. The van der Waals surface area contributed by atoms with Crippen molar-refractivity contribution in [2.75, 3.05) is 18.0 Å². The molecule has 90 valence electrons. The van der Waals surface area contributed by atoms with Gasteiger partial charge in [0, 0.05) is 13.1 Å². The summed E-state index contributed by atoms with van der Waals surface area (Å²) in [6.45, 7) is 6.63. The van der Waals surface area contributed by atoms with Gasteiger partial charge < -0.3 is 10.0 Å². The van der Waals surface area contributed by atoms with Gasteiger partial charge in [-0.1, -0.05) is 25.2 Å². The molecule has 0 spiro atoms. The molecule has 0 aliphatic carbocycles. The summed E-state index contributed by atoms with van der Waals surface area (Å²) in [5, 5.41) is 10.4. The van der Waals surface area contributed by atoms with Crippen molar-refractivity contribution in [2.24, 2.45) is 0 Å². The quantitative estimate of drug-likeness (QED) is 0.882. The standard InChI is InChI=1S/C12H20N2OS/c1-9(2)11-10(8-15)16-12(13-11)14-6-4-3-5-7-14/h9,15H,3-8H2,1-2H3. The summed E-state index contributed by atoms with van der Waals surface area (Å²) < 4.78 is 0. The van der Waals surface area contributed by atoms with E-state index >= 15 is 0 Å². The van der Waals surface area contributed by atoms with Gasteiger partial charge in [-0.3, -0.25) is 0 Å². The Morgan fingerprint density at radius 3 is 2.50 bits per heavy atom. The van der Waals surface area contributed by atoms with E-state index in [2.05, 4.69) is 23.7 Å². The molecule has 16 heavy (non-hydrogen) atoms. The summed E-state index contributed by atoms with van der Waals surface area (Å²) in [4.78, 5) is 8.09. The summed E-state index contributed by atoms with van der Waals surface area (Å²) >= 11 is 1.66. The smallest absolute Gasteiger partial charge is 0.185 e. The normalized spacial score (nSPS) is 17.1. The molecule has 1 aliphatic heterocycles. The number of hydrogen-bond donors (Lipinski definition) is 1. The number of hydrogen-bond acceptors (Lipinski definition) is 4. The van der Waals surface area contributed by atoms with Gasteiger partial charge in [-0.05, 0) is 25.2 Å². The number of anilines is 1. The maximum atomic E-state index is 9.33. The van der Waals surface area contributed by atoms with Gasteiger partial charge in [-0.25, -0.2) is 4.98 Å². The highest BCUT2D eigenvalue weighted by Crippen LogP contribution is 2.32.